The number of hydrogen-bond donors (Lipinski definition) is 1. The zero-order valence-corrected chi connectivity index (χ0v) is 11.9. The second-order valence-corrected chi connectivity index (χ2v) is 6.52. The highest BCUT2D eigenvalue weighted by molar-refractivity contribution is 6.30. The minimum Gasteiger partial charge on any atom is -0.314 e. The Morgan fingerprint density at radius 2 is 2.22 bits per heavy atom. The van der Waals surface area contributed by atoms with Crippen molar-refractivity contribution in [1.29, 1.82) is 0 Å². The molecule has 1 atom stereocenters. The van der Waals surface area contributed by atoms with Crippen LogP contribution in [-0.2, 0) is 6.42 Å². The average molecular weight is 265 g/mol. The Morgan fingerprint density at radius 1 is 1.39 bits per heavy atom. The van der Waals surface area contributed by atoms with Crippen LogP contribution in [0, 0.1) is 0 Å². The SMILES string of the molecule is CC1(C)CNCCN1C1CCc2cc(Cl)ccc21. The number of halogens is 1. The summed E-state index contributed by atoms with van der Waals surface area (Å²) in [6.45, 7) is 8.00. The molecule has 1 aliphatic carbocycles. The van der Waals surface area contributed by atoms with Crippen molar-refractivity contribution in [3.8, 4) is 0 Å². The lowest BCUT2D eigenvalue weighted by Crippen LogP contribution is -2.58. The van der Waals surface area contributed by atoms with Gasteiger partial charge in [-0.3, -0.25) is 4.90 Å². The van der Waals surface area contributed by atoms with Crippen LogP contribution in [0.25, 0.3) is 0 Å². The van der Waals surface area contributed by atoms with Crippen molar-refractivity contribution in [3.05, 3.63) is 34.3 Å². The van der Waals surface area contributed by atoms with E-state index in [9.17, 15) is 0 Å². The summed E-state index contributed by atoms with van der Waals surface area (Å²) < 4.78 is 0. The van der Waals surface area contributed by atoms with Gasteiger partial charge in [-0.15, -0.1) is 0 Å². The zero-order chi connectivity index (χ0) is 12.8. The van der Waals surface area contributed by atoms with E-state index < -0.39 is 0 Å². The predicted molar refractivity (Wildman–Crippen MR) is 76.2 cm³/mol. The molecule has 1 fully saturated rings. The van der Waals surface area contributed by atoms with E-state index in [4.69, 9.17) is 11.6 Å². The molecule has 1 aromatic carbocycles. The molecule has 2 aliphatic rings. The largest absolute Gasteiger partial charge is 0.314 e. The molecule has 1 N–H and O–H groups in total. The van der Waals surface area contributed by atoms with E-state index in [2.05, 4.69) is 36.2 Å². The van der Waals surface area contributed by atoms with Crippen LogP contribution in [-0.4, -0.2) is 30.1 Å². The third kappa shape index (κ3) is 2.07. The summed E-state index contributed by atoms with van der Waals surface area (Å²) in [5.74, 6) is 0. The fourth-order valence-electron chi connectivity index (χ4n) is 3.46. The van der Waals surface area contributed by atoms with E-state index in [-0.39, 0.29) is 5.54 Å². The van der Waals surface area contributed by atoms with Crippen LogP contribution in [0.15, 0.2) is 18.2 Å². The summed E-state index contributed by atoms with van der Waals surface area (Å²) in [6, 6.07) is 6.99. The molecule has 0 amide bonds. The number of piperazine rings is 1. The summed E-state index contributed by atoms with van der Waals surface area (Å²) in [5, 5.41) is 4.37. The highest BCUT2D eigenvalue weighted by Crippen LogP contribution is 2.40. The van der Waals surface area contributed by atoms with Gasteiger partial charge in [0.2, 0.25) is 0 Å². The minimum atomic E-state index is 0.240. The number of nitrogens with one attached hydrogen (secondary N) is 1. The number of aryl methyl sites for hydroxylation is 1. The minimum absolute atomic E-state index is 0.240. The van der Waals surface area contributed by atoms with Gasteiger partial charge < -0.3 is 5.32 Å². The molecule has 0 spiro atoms. The van der Waals surface area contributed by atoms with Crippen molar-refractivity contribution in [1.82, 2.24) is 10.2 Å². The number of hydrogen-bond acceptors (Lipinski definition) is 2. The Hall–Kier alpha value is -0.570. The van der Waals surface area contributed by atoms with E-state index in [0.29, 0.717) is 6.04 Å². The van der Waals surface area contributed by atoms with E-state index >= 15 is 0 Å². The average Bonchev–Trinajstić information content (AvgIpc) is 2.71. The Balaban J connectivity index is 1.91. The molecule has 0 bridgehead atoms. The standard InChI is InChI=1S/C15H21ClN2/c1-15(2)10-17-7-8-18(15)14-6-3-11-9-12(16)4-5-13(11)14/h4-5,9,14,17H,3,6-8,10H2,1-2H3. The fraction of sp³-hybridized carbons (Fsp3) is 0.600. The Labute approximate surface area is 114 Å². The van der Waals surface area contributed by atoms with Gasteiger partial charge >= 0.3 is 0 Å². The van der Waals surface area contributed by atoms with Gasteiger partial charge in [-0.25, -0.2) is 0 Å². The predicted octanol–water partition coefficient (Wildman–Crippen LogP) is 3.01. The zero-order valence-electron chi connectivity index (χ0n) is 11.2. The smallest absolute Gasteiger partial charge is 0.0408 e. The molecule has 0 aromatic heterocycles. The van der Waals surface area contributed by atoms with Crippen LogP contribution in [0.2, 0.25) is 5.02 Å². The molecule has 0 saturated carbocycles. The van der Waals surface area contributed by atoms with Gasteiger partial charge in [0.05, 0.1) is 0 Å². The van der Waals surface area contributed by atoms with Crippen molar-refractivity contribution >= 4 is 11.6 Å². The van der Waals surface area contributed by atoms with Gasteiger partial charge in [0.25, 0.3) is 0 Å². The lowest BCUT2D eigenvalue weighted by Gasteiger charge is -2.46. The van der Waals surface area contributed by atoms with Gasteiger partial charge in [-0.05, 0) is 49.9 Å². The van der Waals surface area contributed by atoms with Crippen LogP contribution < -0.4 is 5.32 Å². The van der Waals surface area contributed by atoms with Crippen molar-refractivity contribution in [2.75, 3.05) is 19.6 Å². The first kappa shape index (κ1) is 12.5. The van der Waals surface area contributed by atoms with Crippen molar-refractivity contribution in [3.63, 3.8) is 0 Å². The van der Waals surface area contributed by atoms with Crippen molar-refractivity contribution in [2.45, 2.75) is 38.3 Å². The first-order valence-electron chi connectivity index (χ1n) is 6.84. The molecule has 1 aliphatic heterocycles. The fourth-order valence-corrected chi connectivity index (χ4v) is 3.66. The van der Waals surface area contributed by atoms with Crippen LogP contribution in [0.1, 0.15) is 37.4 Å². The van der Waals surface area contributed by atoms with Gasteiger partial charge in [-0.1, -0.05) is 17.7 Å². The van der Waals surface area contributed by atoms with Crippen LogP contribution in [0.3, 0.4) is 0 Å². The lowest BCUT2D eigenvalue weighted by atomic mass is 9.95. The van der Waals surface area contributed by atoms with E-state index in [1.54, 1.807) is 0 Å². The maximum atomic E-state index is 6.09. The van der Waals surface area contributed by atoms with Gasteiger partial charge in [0.1, 0.15) is 0 Å². The molecule has 1 aromatic rings. The van der Waals surface area contributed by atoms with Crippen molar-refractivity contribution in [2.24, 2.45) is 0 Å². The first-order valence-corrected chi connectivity index (χ1v) is 7.21. The Kier molecular flexibility index (Phi) is 3.13. The van der Waals surface area contributed by atoms with Crippen LogP contribution in [0.5, 0.6) is 0 Å². The van der Waals surface area contributed by atoms with Gasteiger partial charge in [0.15, 0.2) is 0 Å². The third-order valence-corrected chi connectivity index (χ3v) is 4.63. The van der Waals surface area contributed by atoms with Crippen molar-refractivity contribution < 1.29 is 0 Å². The Morgan fingerprint density at radius 3 is 3.00 bits per heavy atom. The lowest BCUT2D eigenvalue weighted by molar-refractivity contribution is 0.0446. The molecule has 2 nitrogen and oxygen atoms in total. The molecule has 1 unspecified atom stereocenters. The molecule has 1 heterocycles. The second-order valence-electron chi connectivity index (χ2n) is 6.08. The van der Waals surface area contributed by atoms with E-state index in [0.717, 1.165) is 24.7 Å². The molecule has 98 valence electrons. The van der Waals surface area contributed by atoms with Crippen LogP contribution in [0.4, 0.5) is 0 Å². The topological polar surface area (TPSA) is 15.3 Å². The maximum Gasteiger partial charge on any atom is 0.0408 e. The maximum absolute atomic E-state index is 6.09. The van der Waals surface area contributed by atoms with E-state index in [1.807, 2.05) is 6.07 Å². The monoisotopic (exact) mass is 264 g/mol. The summed E-state index contributed by atoms with van der Waals surface area (Å²) in [4.78, 5) is 2.67. The highest BCUT2D eigenvalue weighted by atomic mass is 35.5. The first-order chi connectivity index (χ1) is 8.58. The number of rotatable bonds is 1. The summed E-state index contributed by atoms with van der Waals surface area (Å²) in [7, 11) is 0. The molecular weight excluding hydrogens is 244 g/mol. The molecule has 1 saturated heterocycles. The number of benzene rings is 1. The molecule has 3 rings (SSSR count). The third-order valence-electron chi connectivity index (χ3n) is 4.39. The summed E-state index contributed by atoms with van der Waals surface area (Å²) >= 11 is 6.09. The van der Waals surface area contributed by atoms with Crippen LogP contribution >= 0.6 is 11.6 Å². The summed E-state index contributed by atoms with van der Waals surface area (Å²) in [5.41, 5.74) is 3.18. The normalized spacial score (nSPS) is 27.2. The quantitative estimate of drug-likeness (QED) is 0.839. The number of fused-ring (bicyclic) bond motifs is 1. The molecular formula is C15H21ClN2. The Bertz CT molecular complexity index is 456. The molecule has 0 radical (unpaired) electrons. The molecule has 18 heavy (non-hydrogen) atoms. The number of nitrogens with zero attached hydrogens (tertiary/aromatic N) is 1. The van der Waals surface area contributed by atoms with Gasteiger partial charge in [-0.2, -0.15) is 0 Å². The highest BCUT2D eigenvalue weighted by Gasteiger charge is 2.38. The second kappa shape index (κ2) is 4.52. The van der Waals surface area contributed by atoms with E-state index in [1.165, 1.54) is 24.0 Å². The molecule has 3 heteroatoms. The van der Waals surface area contributed by atoms with Gasteiger partial charge in [0, 0.05) is 36.2 Å². The summed E-state index contributed by atoms with van der Waals surface area (Å²) in [6.07, 6.45) is 2.40.